The highest BCUT2D eigenvalue weighted by Gasteiger charge is 2.16. The highest BCUT2D eigenvalue weighted by Crippen LogP contribution is 2.18. The average molecular weight is 307 g/mol. The molecule has 3 N–H and O–H groups in total. The maximum absolute atomic E-state index is 13.6. The number of hydrogen-bond acceptors (Lipinski definition) is 3. The Morgan fingerprint density at radius 3 is 2.91 bits per heavy atom. The zero-order valence-corrected chi connectivity index (χ0v) is 12.9. The molecule has 6 heteroatoms. The van der Waals surface area contributed by atoms with Crippen molar-refractivity contribution in [3.63, 3.8) is 0 Å². The molecule has 1 heterocycles. The van der Waals surface area contributed by atoms with Gasteiger partial charge in [0.15, 0.2) is 0 Å². The van der Waals surface area contributed by atoms with E-state index in [0.717, 1.165) is 6.42 Å². The Balaban J connectivity index is 2.08. The van der Waals surface area contributed by atoms with Crippen LogP contribution in [0.1, 0.15) is 37.0 Å². The predicted octanol–water partition coefficient (Wildman–Crippen LogP) is 2.48. The second-order valence-electron chi connectivity index (χ2n) is 5.97. The fourth-order valence-electron chi connectivity index (χ4n) is 2.67. The van der Waals surface area contributed by atoms with Crippen molar-refractivity contribution in [2.45, 2.75) is 26.7 Å². The van der Waals surface area contributed by atoms with Crippen molar-refractivity contribution in [3.8, 4) is 0 Å². The smallest absolute Gasteiger partial charge is 0.253 e. The summed E-state index contributed by atoms with van der Waals surface area (Å²) in [6.45, 7) is 4.76. The number of rotatable bonds is 7. The summed E-state index contributed by atoms with van der Waals surface area (Å²) in [4.78, 5) is 19.2. The van der Waals surface area contributed by atoms with Gasteiger partial charge in [0.05, 0.1) is 17.4 Å². The van der Waals surface area contributed by atoms with Crippen LogP contribution in [0.4, 0.5) is 4.39 Å². The monoisotopic (exact) mass is 307 g/mol. The Labute approximate surface area is 128 Å². The van der Waals surface area contributed by atoms with Crippen LogP contribution in [0.5, 0.6) is 0 Å². The molecule has 1 aromatic carbocycles. The predicted molar refractivity (Wildman–Crippen MR) is 83.0 cm³/mol. The van der Waals surface area contributed by atoms with Gasteiger partial charge in [0, 0.05) is 13.2 Å². The van der Waals surface area contributed by atoms with Crippen LogP contribution in [0.2, 0.25) is 0 Å². The molecular weight excluding hydrogens is 285 g/mol. The van der Waals surface area contributed by atoms with Crippen molar-refractivity contribution in [1.29, 1.82) is 0 Å². The van der Waals surface area contributed by atoms with Crippen molar-refractivity contribution in [2.75, 3.05) is 13.2 Å². The summed E-state index contributed by atoms with van der Waals surface area (Å²) >= 11 is 0. The number of H-pyrrole nitrogens is 1. The molecule has 1 amide bonds. The molecule has 0 spiro atoms. The summed E-state index contributed by atoms with van der Waals surface area (Å²) in [6, 6.07) is 2.51. The lowest BCUT2D eigenvalue weighted by Gasteiger charge is -2.18. The van der Waals surface area contributed by atoms with Crippen molar-refractivity contribution < 1.29 is 14.3 Å². The molecule has 5 nitrogen and oxygen atoms in total. The van der Waals surface area contributed by atoms with Gasteiger partial charge >= 0.3 is 0 Å². The number of carbonyl (C=O) groups excluding carboxylic acids is 1. The standard InChI is InChI=1S/C16H22FN3O2/c1-10(2)5-11(3-4-21)8-18-16(22)13-6-12(17)7-14-15(13)20-9-19-14/h6-7,9-11,21H,3-5,8H2,1-2H3,(H,18,22)(H,19,20). The molecule has 22 heavy (non-hydrogen) atoms. The van der Waals surface area contributed by atoms with Gasteiger partial charge in [-0.2, -0.15) is 0 Å². The minimum atomic E-state index is -0.476. The van der Waals surface area contributed by atoms with E-state index in [1.54, 1.807) is 0 Å². The van der Waals surface area contributed by atoms with E-state index in [1.165, 1.54) is 18.5 Å². The number of aliphatic hydroxyl groups excluding tert-OH is 1. The van der Waals surface area contributed by atoms with Gasteiger partial charge in [-0.25, -0.2) is 9.37 Å². The third kappa shape index (κ3) is 4.04. The van der Waals surface area contributed by atoms with E-state index in [9.17, 15) is 9.18 Å². The van der Waals surface area contributed by atoms with Crippen molar-refractivity contribution in [3.05, 3.63) is 29.8 Å². The molecule has 2 rings (SSSR count). The number of aliphatic hydroxyl groups is 1. The lowest BCUT2D eigenvalue weighted by Crippen LogP contribution is -2.30. The van der Waals surface area contributed by atoms with Crippen molar-refractivity contribution in [1.82, 2.24) is 15.3 Å². The number of aromatic amines is 1. The average Bonchev–Trinajstić information content (AvgIpc) is 2.91. The van der Waals surface area contributed by atoms with E-state index >= 15 is 0 Å². The number of benzene rings is 1. The molecule has 0 fully saturated rings. The molecule has 0 aliphatic carbocycles. The van der Waals surface area contributed by atoms with Gasteiger partial charge in [0.2, 0.25) is 0 Å². The fraction of sp³-hybridized carbons (Fsp3) is 0.500. The maximum Gasteiger partial charge on any atom is 0.253 e. The minimum Gasteiger partial charge on any atom is -0.396 e. The van der Waals surface area contributed by atoms with Gasteiger partial charge in [-0.1, -0.05) is 13.8 Å². The normalized spacial score (nSPS) is 12.8. The lowest BCUT2D eigenvalue weighted by molar-refractivity contribution is 0.0942. The molecule has 0 saturated heterocycles. The second-order valence-corrected chi connectivity index (χ2v) is 5.97. The lowest BCUT2D eigenvalue weighted by atomic mass is 9.94. The molecule has 120 valence electrons. The summed E-state index contributed by atoms with van der Waals surface area (Å²) in [7, 11) is 0. The van der Waals surface area contributed by atoms with Crippen LogP contribution < -0.4 is 5.32 Å². The molecule has 1 unspecified atom stereocenters. The zero-order valence-electron chi connectivity index (χ0n) is 12.9. The van der Waals surface area contributed by atoms with E-state index in [4.69, 9.17) is 5.11 Å². The highest BCUT2D eigenvalue weighted by molar-refractivity contribution is 6.04. The van der Waals surface area contributed by atoms with Crippen LogP contribution in [0.25, 0.3) is 11.0 Å². The molecule has 1 atom stereocenters. The number of nitrogens with one attached hydrogen (secondary N) is 2. The van der Waals surface area contributed by atoms with Gasteiger partial charge in [0.25, 0.3) is 5.91 Å². The van der Waals surface area contributed by atoms with E-state index in [1.807, 2.05) is 0 Å². The van der Waals surface area contributed by atoms with Gasteiger partial charge in [-0.05, 0) is 36.8 Å². The Morgan fingerprint density at radius 2 is 2.23 bits per heavy atom. The molecule has 0 radical (unpaired) electrons. The molecule has 0 bridgehead atoms. The fourth-order valence-corrected chi connectivity index (χ4v) is 2.67. The SMILES string of the molecule is CC(C)CC(CCO)CNC(=O)c1cc(F)cc2[nH]cnc12. The number of halogens is 1. The molecule has 0 saturated carbocycles. The third-order valence-electron chi connectivity index (χ3n) is 3.63. The molecule has 0 aliphatic rings. The first-order valence-corrected chi connectivity index (χ1v) is 7.53. The van der Waals surface area contributed by atoms with Crippen LogP contribution in [-0.4, -0.2) is 34.1 Å². The summed E-state index contributed by atoms with van der Waals surface area (Å²) in [6.07, 6.45) is 3.00. The number of carbonyl (C=O) groups is 1. The van der Waals surface area contributed by atoms with Crippen molar-refractivity contribution in [2.24, 2.45) is 11.8 Å². The number of amides is 1. The minimum absolute atomic E-state index is 0.0941. The van der Waals surface area contributed by atoms with Crippen LogP contribution in [0.15, 0.2) is 18.5 Å². The Bertz CT molecular complexity index is 639. The van der Waals surface area contributed by atoms with Gasteiger partial charge < -0.3 is 15.4 Å². The van der Waals surface area contributed by atoms with E-state index < -0.39 is 5.82 Å². The summed E-state index contributed by atoms with van der Waals surface area (Å²) < 4.78 is 13.6. The highest BCUT2D eigenvalue weighted by atomic mass is 19.1. The summed E-state index contributed by atoms with van der Waals surface area (Å²) in [5, 5.41) is 11.9. The number of nitrogens with zero attached hydrogens (tertiary/aromatic N) is 1. The first-order chi connectivity index (χ1) is 10.5. The van der Waals surface area contributed by atoms with E-state index in [-0.39, 0.29) is 24.0 Å². The number of hydrogen-bond donors (Lipinski definition) is 3. The molecule has 0 aliphatic heterocycles. The Hall–Kier alpha value is -1.95. The van der Waals surface area contributed by atoms with E-state index in [2.05, 4.69) is 29.1 Å². The quantitative estimate of drug-likeness (QED) is 0.735. The largest absolute Gasteiger partial charge is 0.396 e. The second kappa shape index (κ2) is 7.35. The molecular formula is C16H22FN3O2. The van der Waals surface area contributed by atoms with Crippen LogP contribution >= 0.6 is 0 Å². The number of imidazole rings is 1. The van der Waals surface area contributed by atoms with Gasteiger partial charge in [-0.3, -0.25) is 4.79 Å². The van der Waals surface area contributed by atoms with Crippen LogP contribution in [-0.2, 0) is 0 Å². The topological polar surface area (TPSA) is 78.0 Å². The first-order valence-electron chi connectivity index (χ1n) is 7.53. The Morgan fingerprint density at radius 1 is 1.45 bits per heavy atom. The number of aromatic nitrogens is 2. The summed E-state index contributed by atoms with van der Waals surface area (Å²) in [5.74, 6) is -0.128. The Kier molecular flexibility index (Phi) is 5.49. The third-order valence-corrected chi connectivity index (χ3v) is 3.63. The van der Waals surface area contributed by atoms with Crippen LogP contribution in [0, 0.1) is 17.7 Å². The molecule has 2 aromatic rings. The van der Waals surface area contributed by atoms with Crippen LogP contribution in [0.3, 0.4) is 0 Å². The zero-order chi connectivity index (χ0) is 16.1. The van der Waals surface area contributed by atoms with Gasteiger partial charge in [0.1, 0.15) is 11.3 Å². The summed E-state index contributed by atoms with van der Waals surface area (Å²) in [5.41, 5.74) is 1.18. The van der Waals surface area contributed by atoms with Gasteiger partial charge in [-0.15, -0.1) is 0 Å². The molecule has 1 aromatic heterocycles. The van der Waals surface area contributed by atoms with Crippen molar-refractivity contribution >= 4 is 16.9 Å². The van der Waals surface area contributed by atoms with E-state index in [0.29, 0.717) is 29.9 Å². The maximum atomic E-state index is 13.6. The number of fused-ring (bicyclic) bond motifs is 1. The first kappa shape index (κ1) is 16.4.